The minimum Gasteiger partial charge on any atom is -0.378 e. The van der Waals surface area contributed by atoms with Gasteiger partial charge in [-0.3, -0.25) is 4.79 Å². The minimum atomic E-state index is -4.47. The quantitative estimate of drug-likeness (QED) is 0.582. The summed E-state index contributed by atoms with van der Waals surface area (Å²) in [4.78, 5) is 20.9. The molecule has 10 heteroatoms. The molecule has 3 heterocycles. The molecule has 2 aromatic heterocycles. The summed E-state index contributed by atoms with van der Waals surface area (Å²) in [7, 11) is 1.71. The molecule has 1 saturated heterocycles. The SMILES string of the molecule is Cc1c(C(=O)N(C)Cc2ccccc2N2CCOCC2)cnn1-c1ccc(C(F)(F)F)cn1. The van der Waals surface area contributed by atoms with Crippen molar-refractivity contribution in [2.75, 3.05) is 38.3 Å². The molecule has 0 radical (unpaired) electrons. The van der Waals surface area contributed by atoms with E-state index in [1.54, 1.807) is 18.9 Å². The Labute approximate surface area is 189 Å². The van der Waals surface area contributed by atoms with Gasteiger partial charge >= 0.3 is 6.18 Å². The molecule has 1 aromatic carbocycles. The molecule has 0 spiro atoms. The van der Waals surface area contributed by atoms with Crippen molar-refractivity contribution in [3.63, 3.8) is 0 Å². The standard InChI is InChI=1S/C23H24F3N5O2/c1-16-19(14-28-31(16)21-8-7-18(13-27-21)23(24,25)26)22(32)29(2)15-17-5-3-4-6-20(17)30-9-11-33-12-10-30/h3-8,13-14H,9-12,15H2,1-2H3. The number of aromatic nitrogens is 3. The van der Waals surface area contributed by atoms with E-state index in [0.29, 0.717) is 31.0 Å². The van der Waals surface area contributed by atoms with Gasteiger partial charge in [0.25, 0.3) is 5.91 Å². The summed E-state index contributed by atoms with van der Waals surface area (Å²) in [5.41, 5.74) is 2.11. The third-order valence-corrected chi connectivity index (χ3v) is 5.63. The van der Waals surface area contributed by atoms with E-state index in [1.165, 1.54) is 16.9 Å². The highest BCUT2D eigenvalue weighted by molar-refractivity contribution is 5.95. The second-order valence-electron chi connectivity index (χ2n) is 7.85. The highest BCUT2D eigenvalue weighted by Crippen LogP contribution is 2.29. The van der Waals surface area contributed by atoms with Gasteiger partial charge in [0.1, 0.15) is 0 Å². The number of carbonyl (C=O) groups excluding carboxylic acids is 1. The first-order chi connectivity index (χ1) is 15.8. The largest absolute Gasteiger partial charge is 0.417 e. The number of pyridine rings is 1. The fourth-order valence-electron chi connectivity index (χ4n) is 3.82. The molecule has 1 fully saturated rings. The van der Waals surface area contributed by atoms with E-state index in [4.69, 9.17) is 4.74 Å². The lowest BCUT2D eigenvalue weighted by Crippen LogP contribution is -2.37. The van der Waals surface area contributed by atoms with Crippen LogP contribution in [0, 0.1) is 6.92 Å². The molecule has 0 unspecified atom stereocenters. The predicted octanol–water partition coefficient (Wildman–Crippen LogP) is 3.70. The highest BCUT2D eigenvalue weighted by Gasteiger charge is 2.31. The molecule has 4 rings (SSSR count). The number of amides is 1. The first-order valence-corrected chi connectivity index (χ1v) is 10.5. The Bertz CT molecular complexity index is 1120. The van der Waals surface area contributed by atoms with Crippen molar-refractivity contribution in [3.8, 4) is 5.82 Å². The van der Waals surface area contributed by atoms with Crippen molar-refractivity contribution in [2.24, 2.45) is 0 Å². The van der Waals surface area contributed by atoms with Crippen LogP contribution in [0.4, 0.5) is 18.9 Å². The van der Waals surface area contributed by atoms with Gasteiger partial charge in [0, 0.05) is 38.6 Å². The number of benzene rings is 1. The van der Waals surface area contributed by atoms with Gasteiger partial charge in [-0.15, -0.1) is 0 Å². The van der Waals surface area contributed by atoms with E-state index in [-0.39, 0.29) is 11.7 Å². The number of anilines is 1. The zero-order valence-electron chi connectivity index (χ0n) is 18.3. The molecule has 1 amide bonds. The number of ether oxygens (including phenoxy) is 1. The molecule has 174 valence electrons. The summed E-state index contributed by atoms with van der Waals surface area (Å²) in [5, 5.41) is 4.18. The smallest absolute Gasteiger partial charge is 0.378 e. The van der Waals surface area contributed by atoms with Crippen molar-refractivity contribution < 1.29 is 22.7 Å². The summed E-state index contributed by atoms with van der Waals surface area (Å²) in [5.74, 6) is -0.0256. The average molecular weight is 459 g/mol. The minimum absolute atomic E-state index is 0.208. The van der Waals surface area contributed by atoms with Crippen LogP contribution in [0.2, 0.25) is 0 Å². The second-order valence-corrected chi connectivity index (χ2v) is 7.85. The maximum atomic E-state index is 13.2. The maximum absolute atomic E-state index is 13.2. The van der Waals surface area contributed by atoms with Crippen LogP contribution in [-0.4, -0.2) is 58.9 Å². The van der Waals surface area contributed by atoms with Gasteiger partial charge in [0.05, 0.1) is 36.2 Å². The summed E-state index contributed by atoms with van der Waals surface area (Å²) in [6.07, 6.45) is -2.29. The number of hydrogen-bond acceptors (Lipinski definition) is 5. The van der Waals surface area contributed by atoms with Crippen LogP contribution in [0.1, 0.15) is 27.2 Å². The summed E-state index contributed by atoms with van der Waals surface area (Å²) < 4.78 is 45.2. The zero-order chi connectivity index (χ0) is 23.6. The number of rotatable bonds is 5. The molecule has 0 aliphatic carbocycles. The Morgan fingerprint density at radius 1 is 1.12 bits per heavy atom. The van der Waals surface area contributed by atoms with Gasteiger partial charge in [-0.1, -0.05) is 18.2 Å². The van der Waals surface area contributed by atoms with Crippen molar-refractivity contribution in [3.05, 3.63) is 71.2 Å². The monoisotopic (exact) mass is 459 g/mol. The Hall–Kier alpha value is -3.40. The lowest BCUT2D eigenvalue weighted by Gasteiger charge is -2.31. The van der Waals surface area contributed by atoms with Gasteiger partial charge in [0.15, 0.2) is 5.82 Å². The molecule has 1 aliphatic heterocycles. The Morgan fingerprint density at radius 2 is 1.85 bits per heavy atom. The Morgan fingerprint density at radius 3 is 2.52 bits per heavy atom. The third-order valence-electron chi connectivity index (χ3n) is 5.63. The maximum Gasteiger partial charge on any atom is 0.417 e. The van der Waals surface area contributed by atoms with Crippen LogP contribution in [0.5, 0.6) is 0 Å². The molecular weight excluding hydrogens is 435 g/mol. The number of morpholine rings is 1. The number of para-hydroxylation sites is 1. The van der Waals surface area contributed by atoms with Crippen molar-refractivity contribution in [1.29, 1.82) is 0 Å². The van der Waals surface area contributed by atoms with Gasteiger partial charge < -0.3 is 14.5 Å². The molecule has 3 aromatic rings. The lowest BCUT2D eigenvalue weighted by atomic mass is 10.1. The van der Waals surface area contributed by atoms with Crippen LogP contribution in [0.3, 0.4) is 0 Å². The molecule has 0 saturated carbocycles. The normalized spacial score (nSPS) is 14.4. The van der Waals surface area contributed by atoms with E-state index in [2.05, 4.69) is 15.0 Å². The fraction of sp³-hybridized carbons (Fsp3) is 0.348. The summed E-state index contributed by atoms with van der Waals surface area (Å²) >= 11 is 0. The molecular formula is C23H24F3N5O2. The van der Waals surface area contributed by atoms with Gasteiger partial charge in [-0.2, -0.15) is 18.3 Å². The zero-order valence-corrected chi connectivity index (χ0v) is 18.3. The molecule has 7 nitrogen and oxygen atoms in total. The van der Waals surface area contributed by atoms with Gasteiger partial charge in [-0.05, 0) is 30.7 Å². The van der Waals surface area contributed by atoms with Crippen LogP contribution in [0.25, 0.3) is 5.82 Å². The lowest BCUT2D eigenvalue weighted by molar-refractivity contribution is -0.137. The first kappa shape index (κ1) is 22.8. The molecule has 0 bridgehead atoms. The third kappa shape index (κ3) is 4.85. The average Bonchev–Trinajstić information content (AvgIpc) is 3.20. The van der Waals surface area contributed by atoms with E-state index in [9.17, 15) is 18.0 Å². The van der Waals surface area contributed by atoms with E-state index in [1.807, 2.05) is 24.3 Å². The molecule has 33 heavy (non-hydrogen) atoms. The highest BCUT2D eigenvalue weighted by atomic mass is 19.4. The fourth-order valence-corrected chi connectivity index (χ4v) is 3.82. The summed E-state index contributed by atoms with van der Waals surface area (Å²) in [6.45, 7) is 5.00. The number of halogens is 3. The Balaban J connectivity index is 1.52. The van der Waals surface area contributed by atoms with Crippen molar-refractivity contribution in [2.45, 2.75) is 19.6 Å². The predicted molar refractivity (Wildman–Crippen MR) is 116 cm³/mol. The van der Waals surface area contributed by atoms with Crippen LogP contribution in [0.15, 0.2) is 48.8 Å². The number of alkyl halides is 3. The van der Waals surface area contributed by atoms with Gasteiger partial charge in [0.2, 0.25) is 0 Å². The van der Waals surface area contributed by atoms with E-state index >= 15 is 0 Å². The topological polar surface area (TPSA) is 63.5 Å². The summed E-state index contributed by atoms with van der Waals surface area (Å²) in [6, 6.07) is 10.1. The van der Waals surface area contributed by atoms with E-state index in [0.717, 1.165) is 36.6 Å². The van der Waals surface area contributed by atoms with Gasteiger partial charge in [-0.25, -0.2) is 9.67 Å². The second kappa shape index (κ2) is 9.22. The van der Waals surface area contributed by atoms with Crippen LogP contribution >= 0.6 is 0 Å². The number of hydrogen-bond donors (Lipinski definition) is 0. The number of carbonyl (C=O) groups is 1. The number of nitrogens with zero attached hydrogens (tertiary/aromatic N) is 5. The molecule has 1 aliphatic rings. The molecule has 0 atom stereocenters. The van der Waals surface area contributed by atoms with Crippen molar-refractivity contribution in [1.82, 2.24) is 19.7 Å². The van der Waals surface area contributed by atoms with E-state index < -0.39 is 11.7 Å². The Kier molecular flexibility index (Phi) is 6.37. The van der Waals surface area contributed by atoms with Crippen molar-refractivity contribution >= 4 is 11.6 Å². The molecule has 0 N–H and O–H groups in total. The van der Waals surface area contributed by atoms with Crippen LogP contribution in [-0.2, 0) is 17.5 Å². The first-order valence-electron chi connectivity index (χ1n) is 10.5. The van der Waals surface area contributed by atoms with Crippen LogP contribution < -0.4 is 4.90 Å².